The number of hydrogen-bond donors (Lipinski definition) is 2. The predicted octanol–water partition coefficient (Wildman–Crippen LogP) is 1.42. The second-order valence-electron chi connectivity index (χ2n) is 7.61. The smallest absolute Gasteiger partial charge is 0.253 e. The summed E-state index contributed by atoms with van der Waals surface area (Å²) >= 11 is 1.23. The van der Waals surface area contributed by atoms with E-state index < -0.39 is 21.8 Å². The number of aromatic nitrogens is 2. The van der Waals surface area contributed by atoms with Crippen molar-refractivity contribution in [2.45, 2.75) is 6.42 Å². The summed E-state index contributed by atoms with van der Waals surface area (Å²) in [7, 11) is -1.72. The number of anilines is 1. The van der Waals surface area contributed by atoms with E-state index in [2.05, 4.69) is 15.6 Å². The molecule has 172 valence electrons. The highest BCUT2D eigenvalue weighted by Gasteiger charge is 2.22. The number of fused-ring (bicyclic) bond motifs is 1. The molecule has 0 spiro atoms. The van der Waals surface area contributed by atoms with Crippen LogP contribution in [0.3, 0.4) is 0 Å². The number of amides is 3. The van der Waals surface area contributed by atoms with E-state index in [0.717, 1.165) is 27.8 Å². The second-order valence-corrected chi connectivity index (χ2v) is 10.4. The maximum Gasteiger partial charge on any atom is 0.253 e. The highest BCUT2D eigenvalue weighted by atomic mass is 32.2. The average molecular weight is 488 g/mol. The molecule has 0 aliphatic carbocycles. The molecular weight excluding hydrogens is 466 g/mol. The van der Waals surface area contributed by atoms with E-state index in [1.165, 1.54) is 29.8 Å². The molecule has 2 N–H and O–H groups in total. The summed E-state index contributed by atoms with van der Waals surface area (Å²) in [6.07, 6.45) is 4.26. The SMILES string of the molecule is CN1CCc2ccc(-c3csc(NC(=O)CNC(=O)c4ccn(S(C)(=O)=O)c4)n3)cc2C1=O. The van der Waals surface area contributed by atoms with Gasteiger partial charge in [0, 0.05) is 42.5 Å². The van der Waals surface area contributed by atoms with Gasteiger partial charge in [-0.15, -0.1) is 11.3 Å². The molecular formula is C21H21N5O5S2. The Morgan fingerprint density at radius 1 is 1.24 bits per heavy atom. The van der Waals surface area contributed by atoms with Crippen LogP contribution in [0.1, 0.15) is 26.3 Å². The minimum atomic E-state index is -3.49. The number of benzene rings is 1. The summed E-state index contributed by atoms with van der Waals surface area (Å²) in [4.78, 5) is 42.9. The number of thiazole rings is 1. The molecule has 12 heteroatoms. The van der Waals surface area contributed by atoms with Gasteiger partial charge in [-0.3, -0.25) is 18.4 Å². The van der Waals surface area contributed by atoms with Crippen molar-refractivity contribution < 1.29 is 22.8 Å². The van der Waals surface area contributed by atoms with Gasteiger partial charge in [-0.2, -0.15) is 0 Å². The number of hydrogen-bond acceptors (Lipinski definition) is 7. The summed E-state index contributed by atoms with van der Waals surface area (Å²) in [6.45, 7) is 0.385. The van der Waals surface area contributed by atoms with Gasteiger partial charge in [0.25, 0.3) is 11.8 Å². The largest absolute Gasteiger partial charge is 0.343 e. The number of rotatable bonds is 6. The van der Waals surface area contributed by atoms with Crippen LogP contribution in [0.2, 0.25) is 0 Å². The first-order valence-corrected chi connectivity index (χ1v) is 12.7. The summed E-state index contributed by atoms with van der Waals surface area (Å²) in [5.74, 6) is -1.07. The highest BCUT2D eigenvalue weighted by Crippen LogP contribution is 2.28. The summed E-state index contributed by atoms with van der Waals surface area (Å²) < 4.78 is 23.9. The molecule has 0 atom stereocenters. The van der Waals surface area contributed by atoms with Crippen LogP contribution in [0.25, 0.3) is 11.3 Å². The fourth-order valence-electron chi connectivity index (χ4n) is 3.36. The number of carbonyl (C=O) groups is 3. The lowest BCUT2D eigenvalue weighted by atomic mass is 9.96. The number of nitrogens with one attached hydrogen (secondary N) is 2. The Bertz CT molecular complexity index is 1360. The quantitative estimate of drug-likeness (QED) is 0.541. The molecule has 3 heterocycles. The van der Waals surface area contributed by atoms with Crippen molar-refractivity contribution in [3.63, 3.8) is 0 Å². The standard InChI is InChI=1S/C21H21N5O5S2/c1-25-7-5-13-3-4-14(9-16(13)20(25)29)17-12-32-21(23-17)24-18(27)10-22-19(28)15-6-8-26(11-15)33(2,30)31/h3-4,6,8-9,11-12H,5,7,10H2,1-2H3,(H,22,28)(H,23,24,27). The number of nitrogens with zero attached hydrogens (tertiary/aromatic N) is 3. The third-order valence-corrected chi connectivity index (χ3v) is 6.92. The molecule has 33 heavy (non-hydrogen) atoms. The molecule has 1 aromatic carbocycles. The van der Waals surface area contributed by atoms with E-state index >= 15 is 0 Å². The molecule has 0 radical (unpaired) electrons. The molecule has 0 bridgehead atoms. The van der Waals surface area contributed by atoms with Crippen LogP contribution < -0.4 is 10.6 Å². The molecule has 1 aliphatic heterocycles. The van der Waals surface area contributed by atoms with Crippen molar-refractivity contribution in [1.29, 1.82) is 0 Å². The Balaban J connectivity index is 1.37. The van der Waals surface area contributed by atoms with Crippen molar-refractivity contribution in [2.75, 3.05) is 31.7 Å². The third kappa shape index (κ3) is 4.96. The fraction of sp³-hybridized carbons (Fsp3) is 0.238. The van der Waals surface area contributed by atoms with Crippen LogP contribution in [-0.2, 0) is 21.2 Å². The van der Waals surface area contributed by atoms with Crippen molar-refractivity contribution in [1.82, 2.24) is 19.2 Å². The third-order valence-electron chi connectivity index (χ3n) is 5.17. The van der Waals surface area contributed by atoms with E-state index in [-0.39, 0.29) is 18.0 Å². The molecule has 0 unspecified atom stereocenters. The van der Waals surface area contributed by atoms with E-state index in [1.54, 1.807) is 17.3 Å². The van der Waals surface area contributed by atoms with Gasteiger partial charge in [-0.05, 0) is 24.1 Å². The molecule has 0 fully saturated rings. The second kappa shape index (κ2) is 8.79. The maximum atomic E-state index is 12.4. The summed E-state index contributed by atoms with van der Waals surface area (Å²) in [5.41, 5.74) is 3.20. The van der Waals surface area contributed by atoms with Gasteiger partial charge in [0.15, 0.2) is 5.13 Å². The normalized spacial score (nSPS) is 13.5. The lowest BCUT2D eigenvalue weighted by Gasteiger charge is -2.25. The lowest BCUT2D eigenvalue weighted by Crippen LogP contribution is -2.34. The molecule has 4 rings (SSSR count). The summed E-state index contributed by atoms with van der Waals surface area (Å²) in [6, 6.07) is 7.00. The summed E-state index contributed by atoms with van der Waals surface area (Å²) in [5, 5.41) is 7.20. The number of carbonyl (C=O) groups excluding carboxylic acids is 3. The Morgan fingerprint density at radius 3 is 2.76 bits per heavy atom. The van der Waals surface area contributed by atoms with E-state index in [9.17, 15) is 22.8 Å². The van der Waals surface area contributed by atoms with Gasteiger partial charge in [-0.25, -0.2) is 13.4 Å². The lowest BCUT2D eigenvalue weighted by molar-refractivity contribution is -0.115. The van der Waals surface area contributed by atoms with Gasteiger partial charge in [0.1, 0.15) is 0 Å². The van der Waals surface area contributed by atoms with Crippen LogP contribution in [-0.4, -0.2) is 66.4 Å². The molecule has 0 saturated carbocycles. The van der Waals surface area contributed by atoms with Gasteiger partial charge in [-0.1, -0.05) is 12.1 Å². The van der Waals surface area contributed by atoms with Crippen LogP contribution in [0.4, 0.5) is 5.13 Å². The Labute approximate surface area is 194 Å². The molecule has 0 saturated heterocycles. The van der Waals surface area contributed by atoms with Gasteiger partial charge < -0.3 is 15.5 Å². The van der Waals surface area contributed by atoms with Gasteiger partial charge >= 0.3 is 0 Å². The molecule has 2 aromatic heterocycles. The number of likely N-dealkylation sites (N-methyl/N-ethyl adjacent to an activating group) is 1. The Hall–Kier alpha value is -3.51. The first-order chi connectivity index (χ1) is 15.6. The van der Waals surface area contributed by atoms with E-state index in [1.807, 2.05) is 18.2 Å². The molecule has 3 aromatic rings. The average Bonchev–Trinajstić information content (AvgIpc) is 3.44. The zero-order chi connectivity index (χ0) is 23.8. The minimum Gasteiger partial charge on any atom is -0.343 e. The van der Waals surface area contributed by atoms with Crippen LogP contribution >= 0.6 is 11.3 Å². The molecule has 10 nitrogen and oxygen atoms in total. The van der Waals surface area contributed by atoms with Crippen LogP contribution in [0, 0.1) is 0 Å². The highest BCUT2D eigenvalue weighted by molar-refractivity contribution is 7.89. The maximum absolute atomic E-state index is 12.4. The van der Waals surface area contributed by atoms with Gasteiger partial charge in [0.05, 0.1) is 24.1 Å². The van der Waals surface area contributed by atoms with Crippen molar-refractivity contribution >= 4 is 44.2 Å². The van der Waals surface area contributed by atoms with Crippen LogP contribution in [0.15, 0.2) is 42.0 Å². The zero-order valence-electron chi connectivity index (χ0n) is 17.9. The van der Waals surface area contributed by atoms with E-state index in [0.29, 0.717) is 22.9 Å². The minimum absolute atomic E-state index is 0.0236. The zero-order valence-corrected chi connectivity index (χ0v) is 19.5. The Morgan fingerprint density at radius 2 is 2.03 bits per heavy atom. The predicted molar refractivity (Wildman–Crippen MR) is 124 cm³/mol. The molecule has 1 aliphatic rings. The van der Waals surface area contributed by atoms with Crippen LogP contribution in [0.5, 0.6) is 0 Å². The van der Waals surface area contributed by atoms with Crippen molar-refractivity contribution in [3.05, 3.63) is 58.7 Å². The Kier molecular flexibility index (Phi) is 6.04. The first-order valence-electron chi connectivity index (χ1n) is 9.93. The monoisotopic (exact) mass is 487 g/mol. The topological polar surface area (TPSA) is 130 Å². The fourth-order valence-corrected chi connectivity index (χ4v) is 4.68. The van der Waals surface area contributed by atoms with E-state index in [4.69, 9.17) is 0 Å². The first kappa shape index (κ1) is 22.7. The molecule has 3 amide bonds. The van der Waals surface area contributed by atoms with Crippen molar-refractivity contribution in [2.24, 2.45) is 0 Å². The van der Waals surface area contributed by atoms with Crippen molar-refractivity contribution in [3.8, 4) is 11.3 Å². The van der Waals surface area contributed by atoms with Gasteiger partial charge in [0.2, 0.25) is 15.9 Å².